The Bertz CT molecular complexity index is 998. The monoisotopic (exact) mass is 526 g/mol. The number of primary amides is 2. The summed E-state index contributed by atoms with van der Waals surface area (Å²) in [7, 11) is 0. The van der Waals surface area contributed by atoms with Crippen LogP contribution >= 0.6 is 0 Å². The van der Waals surface area contributed by atoms with Gasteiger partial charge < -0.3 is 48.3 Å². The molecule has 0 radical (unpaired) electrons. The van der Waals surface area contributed by atoms with Gasteiger partial charge in [0.1, 0.15) is 18.1 Å². The summed E-state index contributed by atoms with van der Waals surface area (Å²) in [6, 6.07) is -5.85. The van der Waals surface area contributed by atoms with Crippen molar-refractivity contribution in [2.45, 2.75) is 62.7 Å². The Kier molecular flexibility index (Phi) is 12.2. The van der Waals surface area contributed by atoms with E-state index in [4.69, 9.17) is 22.3 Å². The summed E-state index contributed by atoms with van der Waals surface area (Å²) < 4.78 is 0. The Morgan fingerprint density at radius 2 is 1.38 bits per heavy atom. The molecule has 0 aliphatic rings. The SMILES string of the molecule is NC(=O)CCC(NC(=O)C(CCC(=O)O)NC(=O)C(N)CC(N)=O)C(=O)NC(Cc1cnc[nH]1)C(=O)O. The highest BCUT2D eigenvalue weighted by molar-refractivity contribution is 5.95. The zero-order valence-corrected chi connectivity index (χ0v) is 19.6. The zero-order valence-electron chi connectivity index (χ0n) is 19.6. The Morgan fingerprint density at radius 1 is 0.838 bits per heavy atom. The van der Waals surface area contributed by atoms with Crippen molar-refractivity contribution < 1.29 is 43.8 Å². The van der Waals surface area contributed by atoms with E-state index in [1.54, 1.807) is 0 Å². The number of aromatic amines is 1. The third kappa shape index (κ3) is 11.6. The van der Waals surface area contributed by atoms with Crippen molar-refractivity contribution in [1.29, 1.82) is 0 Å². The Hall–Kier alpha value is -4.54. The van der Waals surface area contributed by atoms with Gasteiger partial charge in [-0.1, -0.05) is 0 Å². The van der Waals surface area contributed by atoms with Crippen molar-refractivity contribution in [3.8, 4) is 0 Å². The van der Waals surface area contributed by atoms with Gasteiger partial charge in [-0.05, 0) is 12.8 Å². The molecule has 12 N–H and O–H groups in total. The molecule has 0 bridgehead atoms. The van der Waals surface area contributed by atoms with Crippen LogP contribution in [-0.2, 0) is 40.0 Å². The summed E-state index contributed by atoms with van der Waals surface area (Å²) in [5, 5.41) is 25.2. The smallest absolute Gasteiger partial charge is 0.326 e. The van der Waals surface area contributed by atoms with Crippen LogP contribution in [0.5, 0.6) is 0 Å². The van der Waals surface area contributed by atoms with Crippen LogP contribution in [0.2, 0.25) is 0 Å². The second kappa shape index (κ2) is 14.8. The molecule has 4 unspecified atom stereocenters. The summed E-state index contributed by atoms with van der Waals surface area (Å²) in [5.41, 5.74) is 16.1. The summed E-state index contributed by atoms with van der Waals surface area (Å²) in [4.78, 5) is 89.4. The second-order valence-corrected chi connectivity index (χ2v) is 8.02. The first-order chi connectivity index (χ1) is 17.3. The molecular weight excluding hydrogens is 496 g/mol. The summed E-state index contributed by atoms with van der Waals surface area (Å²) in [6.45, 7) is 0. The first-order valence-electron chi connectivity index (χ1n) is 10.9. The lowest BCUT2D eigenvalue weighted by Gasteiger charge is -2.24. The molecule has 204 valence electrons. The fraction of sp³-hybridized carbons (Fsp3) is 0.500. The van der Waals surface area contributed by atoms with Gasteiger partial charge in [0.25, 0.3) is 0 Å². The van der Waals surface area contributed by atoms with Crippen molar-refractivity contribution in [3.05, 3.63) is 18.2 Å². The minimum Gasteiger partial charge on any atom is -0.481 e. The van der Waals surface area contributed by atoms with Gasteiger partial charge in [0.15, 0.2) is 0 Å². The molecule has 0 fully saturated rings. The molecule has 37 heavy (non-hydrogen) atoms. The van der Waals surface area contributed by atoms with E-state index in [9.17, 15) is 38.7 Å². The number of nitrogens with one attached hydrogen (secondary N) is 4. The van der Waals surface area contributed by atoms with Crippen LogP contribution in [0, 0.1) is 0 Å². The largest absolute Gasteiger partial charge is 0.481 e. The third-order valence-electron chi connectivity index (χ3n) is 4.94. The van der Waals surface area contributed by atoms with Crippen LogP contribution in [0.25, 0.3) is 0 Å². The number of hydrogen-bond donors (Lipinski definition) is 9. The third-order valence-corrected chi connectivity index (χ3v) is 4.94. The predicted molar refractivity (Wildman–Crippen MR) is 123 cm³/mol. The minimum absolute atomic E-state index is 0.174. The fourth-order valence-electron chi connectivity index (χ4n) is 3.04. The standard InChI is InChI=1S/C20H30N8O9/c21-10(6-15(23)30)17(33)26-12(2-4-16(31)32)18(34)27-11(1-3-14(22)29)19(35)28-13(20(36)37)5-9-7-24-8-25-9/h7-8,10-13H,1-6,21H2,(H2,22,29)(H2,23,30)(H,24,25)(H,26,33)(H,27,34)(H,28,35)(H,31,32)(H,36,37). The number of carboxylic acids is 2. The highest BCUT2D eigenvalue weighted by atomic mass is 16.4. The molecule has 0 spiro atoms. The molecule has 4 atom stereocenters. The van der Waals surface area contributed by atoms with Gasteiger partial charge in [-0.2, -0.15) is 0 Å². The van der Waals surface area contributed by atoms with Crippen LogP contribution in [0.15, 0.2) is 12.5 Å². The molecule has 17 heteroatoms. The highest BCUT2D eigenvalue weighted by Crippen LogP contribution is 2.06. The Morgan fingerprint density at radius 3 is 1.84 bits per heavy atom. The maximum absolute atomic E-state index is 12.9. The molecule has 0 aliphatic carbocycles. The number of carboxylic acid groups (broad SMARTS) is 2. The summed E-state index contributed by atoms with van der Waals surface area (Å²) in [6.07, 6.45) is 0.267. The predicted octanol–water partition coefficient (Wildman–Crippen LogP) is -4.18. The van der Waals surface area contributed by atoms with Crippen LogP contribution in [-0.4, -0.2) is 85.8 Å². The molecule has 0 aromatic carbocycles. The van der Waals surface area contributed by atoms with E-state index in [1.807, 2.05) is 0 Å². The van der Waals surface area contributed by atoms with Gasteiger partial charge in [0, 0.05) is 31.2 Å². The second-order valence-electron chi connectivity index (χ2n) is 8.02. The van der Waals surface area contributed by atoms with Crippen molar-refractivity contribution in [1.82, 2.24) is 25.9 Å². The Labute approximate surface area is 209 Å². The number of H-pyrrole nitrogens is 1. The van der Waals surface area contributed by atoms with Crippen LogP contribution in [0.3, 0.4) is 0 Å². The number of amides is 5. The van der Waals surface area contributed by atoms with Gasteiger partial charge in [-0.15, -0.1) is 0 Å². The van der Waals surface area contributed by atoms with E-state index < -0.39 is 84.9 Å². The number of aliphatic carboxylic acids is 2. The van der Waals surface area contributed by atoms with Gasteiger partial charge >= 0.3 is 11.9 Å². The normalized spacial score (nSPS) is 13.9. The first-order valence-corrected chi connectivity index (χ1v) is 10.9. The van der Waals surface area contributed by atoms with E-state index in [-0.39, 0.29) is 19.3 Å². The topological polar surface area (TPSA) is 303 Å². The number of aromatic nitrogens is 2. The van der Waals surface area contributed by atoms with E-state index in [0.29, 0.717) is 5.69 Å². The number of nitrogens with zero attached hydrogens (tertiary/aromatic N) is 1. The number of carbonyl (C=O) groups is 7. The minimum atomic E-state index is -1.51. The van der Waals surface area contributed by atoms with Gasteiger partial charge in [0.05, 0.1) is 18.8 Å². The fourth-order valence-corrected chi connectivity index (χ4v) is 3.04. The molecule has 1 heterocycles. The molecule has 0 saturated heterocycles. The van der Waals surface area contributed by atoms with Gasteiger partial charge in [-0.25, -0.2) is 9.78 Å². The quantitative estimate of drug-likeness (QED) is 0.0937. The first kappa shape index (κ1) is 30.5. The van der Waals surface area contributed by atoms with Crippen LogP contribution < -0.4 is 33.2 Å². The maximum atomic E-state index is 12.9. The average Bonchev–Trinajstić information content (AvgIpc) is 3.30. The molecule has 5 amide bonds. The number of imidazole rings is 1. The molecule has 1 rings (SSSR count). The number of hydrogen-bond acceptors (Lipinski definition) is 9. The molecule has 0 saturated carbocycles. The van der Waals surface area contributed by atoms with Crippen molar-refractivity contribution in [2.75, 3.05) is 0 Å². The summed E-state index contributed by atoms with van der Waals surface area (Å²) >= 11 is 0. The van der Waals surface area contributed by atoms with E-state index in [0.717, 1.165) is 0 Å². The van der Waals surface area contributed by atoms with E-state index in [1.165, 1.54) is 12.5 Å². The van der Waals surface area contributed by atoms with E-state index in [2.05, 4.69) is 25.9 Å². The van der Waals surface area contributed by atoms with Crippen molar-refractivity contribution in [2.24, 2.45) is 17.2 Å². The van der Waals surface area contributed by atoms with Crippen LogP contribution in [0.4, 0.5) is 0 Å². The molecule has 17 nitrogen and oxygen atoms in total. The van der Waals surface area contributed by atoms with Crippen molar-refractivity contribution in [3.63, 3.8) is 0 Å². The van der Waals surface area contributed by atoms with E-state index >= 15 is 0 Å². The van der Waals surface area contributed by atoms with Crippen LogP contribution in [0.1, 0.15) is 37.8 Å². The molecule has 1 aromatic rings. The highest BCUT2D eigenvalue weighted by Gasteiger charge is 2.31. The number of nitrogens with two attached hydrogens (primary N) is 3. The molecular formula is C20H30N8O9. The lowest BCUT2D eigenvalue weighted by molar-refractivity contribution is -0.142. The van der Waals surface area contributed by atoms with Gasteiger partial charge in [0.2, 0.25) is 29.5 Å². The molecule has 0 aliphatic heterocycles. The molecule has 1 aromatic heterocycles. The lowest BCUT2D eigenvalue weighted by Crippen LogP contribution is -2.57. The zero-order chi connectivity index (χ0) is 28.1. The number of carbonyl (C=O) groups excluding carboxylic acids is 5. The van der Waals surface area contributed by atoms with Crippen molar-refractivity contribution >= 4 is 41.5 Å². The Balaban J connectivity index is 3.04. The van der Waals surface area contributed by atoms with Gasteiger partial charge in [-0.3, -0.25) is 28.8 Å². The summed E-state index contributed by atoms with van der Waals surface area (Å²) in [5.74, 6) is -7.36. The maximum Gasteiger partial charge on any atom is 0.326 e. The number of rotatable bonds is 17. The average molecular weight is 527 g/mol. The lowest BCUT2D eigenvalue weighted by atomic mass is 10.1.